The molecule has 1 fully saturated rings. The van der Waals surface area contributed by atoms with Gasteiger partial charge in [-0.05, 0) is 57.5 Å². The van der Waals surface area contributed by atoms with Crippen LogP contribution >= 0.6 is 0 Å². The fourth-order valence-corrected chi connectivity index (χ4v) is 4.45. The molecule has 168 valence electrons. The molecule has 2 aromatic carbocycles. The van der Waals surface area contributed by atoms with Crippen LogP contribution in [0.2, 0.25) is 0 Å². The van der Waals surface area contributed by atoms with Crippen molar-refractivity contribution in [3.63, 3.8) is 0 Å². The summed E-state index contributed by atoms with van der Waals surface area (Å²) in [7, 11) is 0. The minimum absolute atomic E-state index is 0.0150. The van der Waals surface area contributed by atoms with E-state index < -0.39 is 29.5 Å². The van der Waals surface area contributed by atoms with Crippen molar-refractivity contribution in [3.05, 3.63) is 52.6 Å². The van der Waals surface area contributed by atoms with Gasteiger partial charge in [-0.2, -0.15) is 0 Å². The Balaban J connectivity index is 1.70. The summed E-state index contributed by atoms with van der Waals surface area (Å²) in [6.45, 7) is 7.47. The molecule has 2 aromatic rings. The number of fused-ring (bicyclic) bond motifs is 2. The summed E-state index contributed by atoms with van der Waals surface area (Å²) in [4.78, 5) is 13.2. The average Bonchev–Trinajstić information content (AvgIpc) is 3.35. The molecule has 0 aliphatic carbocycles. The van der Waals surface area contributed by atoms with Crippen LogP contribution < -0.4 is 9.47 Å². The number of phenols is 2. The number of benzene rings is 2. The number of aliphatic hydroxyl groups is 1. The van der Waals surface area contributed by atoms with E-state index in [9.17, 15) is 20.1 Å². The summed E-state index contributed by atoms with van der Waals surface area (Å²) >= 11 is 0. The molecule has 0 aromatic heterocycles. The van der Waals surface area contributed by atoms with E-state index in [0.29, 0.717) is 16.7 Å². The van der Waals surface area contributed by atoms with Crippen molar-refractivity contribution in [1.29, 1.82) is 0 Å². The summed E-state index contributed by atoms with van der Waals surface area (Å²) in [5.41, 5.74) is 0.166. The van der Waals surface area contributed by atoms with E-state index in [1.165, 1.54) is 12.1 Å². The standard InChI is InChI=1S/C25H26O7/c1-24(2)10-9-14-19(28)17-15(27)11-16(12-5-7-13(26)8-6-12)30-22(17)18(21(14)31-24)20(29)23-25(3,4)32-23/h5-10,16,20,23,26,28-29H,11H2,1-4H3/t16-,20+,23-/m0/s1. The van der Waals surface area contributed by atoms with Gasteiger partial charge >= 0.3 is 0 Å². The van der Waals surface area contributed by atoms with Crippen LogP contribution in [-0.2, 0) is 4.74 Å². The highest BCUT2D eigenvalue weighted by molar-refractivity contribution is 6.05. The molecule has 0 radical (unpaired) electrons. The molecular weight excluding hydrogens is 412 g/mol. The molecule has 3 aliphatic rings. The third-order valence-corrected chi connectivity index (χ3v) is 6.29. The number of carbonyl (C=O) groups is 1. The van der Waals surface area contributed by atoms with Gasteiger partial charge in [-0.1, -0.05) is 12.1 Å². The highest BCUT2D eigenvalue weighted by Crippen LogP contribution is 2.56. The highest BCUT2D eigenvalue weighted by Gasteiger charge is 2.55. The molecule has 0 bridgehead atoms. The molecular formula is C25H26O7. The number of aromatic hydroxyl groups is 2. The van der Waals surface area contributed by atoms with E-state index >= 15 is 0 Å². The van der Waals surface area contributed by atoms with E-state index in [2.05, 4.69) is 0 Å². The third-order valence-electron chi connectivity index (χ3n) is 6.29. The molecule has 32 heavy (non-hydrogen) atoms. The van der Waals surface area contributed by atoms with Gasteiger partial charge < -0.3 is 29.5 Å². The maximum atomic E-state index is 13.2. The van der Waals surface area contributed by atoms with Gasteiger partial charge in [0.25, 0.3) is 0 Å². The quantitative estimate of drug-likeness (QED) is 0.616. The van der Waals surface area contributed by atoms with Crippen molar-refractivity contribution in [3.8, 4) is 23.0 Å². The molecule has 7 heteroatoms. The zero-order valence-corrected chi connectivity index (χ0v) is 18.4. The second-order valence-electron chi connectivity index (χ2n) is 9.66. The van der Waals surface area contributed by atoms with Crippen LogP contribution in [0.3, 0.4) is 0 Å². The number of phenolic OH excluding ortho intramolecular Hbond substituents is 2. The average molecular weight is 438 g/mol. The number of hydrogen-bond acceptors (Lipinski definition) is 7. The monoisotopic (exact) mass is 438 g/mol. The molecule has 7 nitrogen and oxygen atoms in total. The molecule has 0 unspecified atom stereocenters. The van der Waals surface area contributed by atoms with Crippen molar-refractivity contribution < 1.29 is 34.3 Å². The number of carbonyl (C=O) groups excluding carboxylic acids is 1. The fraction of sp³-hybridized carbons (Fsp3) is 0.400. The number of rotatable bonds is 3. The number of hydrogen-bond donors (Lipinski definition) is 3. The molecule has 3 atom stereocenters. The number of ether oxygens (including phenoxy) is 3. The SMILES string of the molecule is CC1(C)C=Cc2c(O)c3c(c([C@@H](O)[C@@H]4OC4(C)C)c2O1)O[C@H](c1ccc(O)cc1)CC3=O. The Morgan fingerprint density at radius 2 is 1.72 bits per heavy atom. The van der Waals surface area contributed by atoms with Crippen molar-refractivity contribution in [1.82, 2.24) is 0 Å². The minimum Gasteiger partial charge on any atom is -0.508 e. The van der Waals surface area contributed by atoms with E-state index in [1.54, 1.807) is 24.3 Å². The second kappa shape index (κ2) is 6.73. The zero-order valence-electron chi connectivity index (χ0n) is 18.4. The first kappa shape index (κ1) is 20.8. The van der Waals surface area contributed by atoms with Crippen molar-refractivity contribution >= 4 is 11.9 Å². The van der Waals surface area contributed by atoms with Crippen LogP contribution in [0, 0.1) is 0 Å². The first-order chi connectivity index (χ1) is 15.0. The van der Waals surface area contributed by atoms with Gasteiger partial charge in [0.15, 0.2) is 5.78 Å². The first-order valence-corrected chi connectivity index (χ1v) is 10.6. The van der Waals surface area contributed by atoms with Crippen LogP contribution in [0.15, 0.2) is 30.3 Å². The van der Waals surface area contributed by atoms with Crippen molar-refractivity contribution in [2.24, 2.45) is 0 Å². The van der Waals surface area contributed by atoms with E-state index in [0.717, 1.165) is 0 Å². The van der Waals surface area contributed by atoms with Gasteiger partial charge in [0.2, 0.25) is 0 Å². The second-order valence-corrected chi connectivity index (χ2v) is 9.66. The lowest BCUT2D eigenvalue weighted by Gasteiger charge is -2.35. The number of epoxide rings is 1. The Kier molecular flexibility index (Phi) is 4.39. The maximum Gasteiger partial charge on any atom is 0.174 e. The smallest absolute Gasteiger partial charge is 0.174 e. The lowest BCUT2D eigenvalue weighted by atomic mass is 9.86. The Labute approximate surface area is 185 Å². The summed E-state index contributed by atoms with van der Waals surface area (Å²) < 4.78 is 18.1. The van der Waals surface area contributed by atoms with E-state index in [4.69, 9.17) is 14.2 Å². The largest absolute Gasteiger partial charge is 0.508 e. The molecule has 5 rings (SSSR count). The van der Waals surface area contributed by atoms with Crippen LogP contribution in [-0.4, -0.2) is 38.4 Å². The van der Waals surface area contributed by atoms with Crippen molar-refractivity contribution in [2.75, 3.05) is 0 Å². The normalized spacial score (nSPS) is 25.2. The Bertz CT molecular complexity index is 1140. The molecule has 1 saturated heterocycles. The first-order valence-electron chi connectivity index (χ1n) is 10.6. The molecule has 3 heterocycles. The third kappa shape index (κ3) is 3.24. The number of ketones is 1. The van der Waals surface area contributed by atoms with Gasteiger partial charge in [0.1, 0.15) is 52.5 Å². The van der Waals surface area contributed by atoms with Gasteiger partial charge in [-0.25, -0.2) is 0 Å². The fourth-order valence-electron chi connectivity index (χ4n) is 4.45. The van der Waals surface area contributed by atoms with E-state index in [-0.39, 0.29) is 40.8 Å². The topological polar surface area (TPSA) is 109 Å². The summed E-state index contributed by atoms with van der Waals surface area (Å²) in [5.74, 6) is -0.0167. The van der Waals surface area contributed by atoms with Gasteiger partial charge in [-0.3, -0.25) is 4.79 Å². The summed E-state index contributed by atoms with van der Waals surface area (Å²) in [5, 5.41) is 31.9. The number of aliphatic hydroxyl groups excluding tert-OH is 1. The molecule has 0 amide bonds. The van der Waals surface area contributed by atoms with Crippen LogP contribution in [0.5, 0.6) is 23.0 Å². The van der Waals surface area contributed by atoms with Crippen LogP contribution in [0.25, 0.3) is 6.08 Å². The zero-order chi connectivity index (χ0) is 23.0. The Hall–Kier alpha value is -3.03. The molecule has 0 saturated carbocycles. The summed E-state index contributed by atoms with van der Waals surface area (Å²) in [6, 6.07) is 6.41. The maximum absolute atomic E-state index is 13.2. The van der Waals surface area contributed by atoms with Crippen molar-refractivity contribution in [2.45, 2.75) is 63.6 Å². The van der Waals surface area contributed by atoms with Crippen LogP contribution in [0.1, 0.15) is 73.4 Å². The summed E-state index contributed by atoms with van der Waals surface area (Å²) in [6.07, 6.45) is 1.25. The molecule has 3 aliphatic heterocycles. The van der Waals surface area contributed by atoms with Gasteiger partial charge in [-0.15, -0.1) is 0 Å². The van der Waals surface area contributed by atoms with Gasteiger partial charge in [0, 0.05) is 0 Å². The minimum atomic E-state index is -1.12. The van der Waals surface area contributed by atoms with Crippen LogP contribution in [0.4, 0.5) is 0 Å². The van der Waals surface area contributed by atoms with E-state index in [1.807, 2.05) is 27.7 Å². The van der Waals surface area contributed by atoms with Gasteiger partial charge in [0.05, 0.1) is 23.1 Å². The highest BCUT2D eigenvalue weighted by atomic mass is 16.6. The molecule has 3 N–H and O–H groups in total. The number of Topliss-reactive ketones (excluding diaryl/α,β-unsaturated/α-hetero) is 1. The Morgan fingerprint density at radius 3 is 2.34 bits per heavy atom. The lowest BCUT2D eigenvalue weighted by molar-refractivity contribution is 0.0804. The Morgan fingerprint density at radius 1 is 1.06 bits per heavy atom. The molecule has 0 spiro atoms. The lowest BCUT2D eigenvalue weighted by Crippen LogP contribution is -2.31. The predicted octanol–water partition coefficient (Wildman–Crippen LogP) is 4.20. The predicted molar refractivity (Wildman–Crippen MR) is 116 cm³/mol.